The smallest absolute Gasteiger partial charge is 0.255 e. The first-order valence-electron chi connectivity index (χ1n) is 7.94. The summed E-state index contributed by atoms with van der Waals surface area (Å²) >= 11 is 0. The zero-order chi connectivity index (χ0) is 16.4. The summed E-state index contributed by atoms with van der Waals surface area (Å²) in [6, 6.07) is 3.68. The molecule has 0 spiro atoms. The van der Waals surface area contributed by atoms with Crippen LogP contribution in [-0.2, 0) is 0 Å². The van der Waals surface area contributed by atoms with Gasteiger partial charge in [-0.25, -0.2) is 9.97 Å². The SMILES string of the molecule is CC(C)(C)N1CCN(C(=O)c2ccc(-n3ccnc3)nc2)CC1. The van der Waals surface area contributed by atoms with Crippen LogP contribution in [0.3, 0.4) is 0 Å². The minimum Gasteiger partial charge on any atom is -0.336 e. The molecular weight excluding hydrogens is 290 g/mol. The van der Waals surface area contributed by atoms with Crippen LogP contribution in [0.4, 0.5) is 0 Å². The minimum atomic E-state index is 0.0586. The van der Waals surface area contributed by atoms with Crippen LogP contribution in [0.15, 0.2) is 37.1 Å². The second kappa shape index (κ2) is 6.12. The third kappa shape index (κ3) is 3.42. The maximum Gasteiger partial charge on any atom is 0.255 e. The molecule has 23 heavy (non-hydrogen) atoms. The first kappa shape index (κ1) is 15.7. The fourth-order valence-electron chi connectivity index (χ4n) is 2.82. The summed E-state index contributed by atoms with van der Waals surface area (Å²) in [5.74, 6) is 0.819. The van der Waals surface area contributed by atoms with Crippen molar-refractivity contribution in [3.63, 3.8) is 0 Å². The molecule has 1 amide bonds. The Morgan fingerprint density at radius 3 is 2.39 bits per heavy atom. The van der Waals surface area contributed by atoms with Crippen molar-refractivity contribution in [2.24, 2.45) is 0 Å². The molecule has 2 aromatic rings. The van der Waals surface area contributed by atoms with E-state index in [9.17, 15) is 4.79 Å². The van der Waals surface area contributed by atoms with Gasteiger partial charge < -0.3 is 4.90 Å². The van der Waals surface area contributed by atoms with Crippen LogP contribution in [0.1, 0.15) is 31.1 Å². The number of amides is 1. The first-order chi connectivity index (χ1) is 10.9. The fraction of sp³-hybridized carbons (Fsp3) is 0.471. The number of aromatic nitrogens is 3. The summed E-state index contributed by atoms with van der Waals surface area (Å²) in [6.45, 7) is 9.99. The summed E-state index contributed by atoms with van der Waals surface area (Å²) in [6.07, 6.45) is 6.87. The second-order valence-corrected chi connectivity index (χ2v) is 6.83. The van der Waals surface area contributed by atoms with Crippen LogP contribution in [0.25, 0.3) is 5.82 Å². The third-order valence-electron chi connectivity index (χ3n) is 4.28. The molecule has 122 valence electrons. The molecule has 1 aliphatic rings. The standard InChI is InChI=1S/C17H23N5O/c1-17(2,3)22-10-8-20(9-11-22)16(23)14-4-5-15(19-12-14)21-7-6-18-13-21/h4-7,12-13H,8-11H2,1-3H3. The van der Waals surface area contributed by atoms with Crippen LogP contribution in [-0.4, -0.2) is 62.0 Å². The number of hydrogen-bond donors (Lipinski definition) is 0. The number of imidazole rings is 1. The molecule has 3 rings (SSSR count). The molecule has 1 saturated heterocycles. The Hall–Kier alpha value is -2.21. The van der Waals surface area contributed by atoms with Crippen LogP contribution < -0.4 is 0 Å². The van der Waals surface area contributed by atoms with E-state index < -0.39 is 0 Å². The first-order valence-corrected chi connectivity index (χ1v) is 7.94. The lowest BCUT2D eigenvalue weighted by molar-refractivity contribution is 0.0451. The van der Waals surface area contributed by atoms with Crippen molar-refractivity contribution in [3.8, 4) is 5.82 Å². The Balaban J connectivity index is 1.65. The van der Waals surface area contributed by atoms with E-state index in [0.29, 0.717) is 5.56 Å². The van der Waals surface area contributed by atoms with Gasteiger partial charge in [0, 0.05) is 50.3 Å². The quantitative estimate of drug-likeness (QED) is 0.849. The van der Waals surface area contributed by atoms with Crippen LogP contribution in [0.5, 0.6) is 0 Å². The van der Waals surface area contributed by atoms with E-state index in [1.807, 2.05) is 27.8 Å². The van der Waals surface area contributed by atoms with Gasteiger partial charge in [0.05, 0.1) is 5.56 Å². The Labute approximate surface area is 136 Å². The normalized spacial score (nSPS) is 16.6. The number of carbonyl (C=O) groups excluding carboxylic acids is 1. The predicted molar refractivity (Wildman–Crippen MR) is 88.6 cm³/mol. The van der Waals surface area contributed by atoms with Crippen molar-refractivity contribution in [2.75, 3.05) is 26.2 Å². The van der Waals surface area contributed by atoms with Gasteiger partial charge in [0.25, 0.3) is 5.91 Å². The van der Waals surface area contributed by atoms with E-state index in [4.69, 9.17) is 0 Å². The van der Waals surface area contributed by atoms with Crippen LogP contribution in [0.2, 0.25) is 0 Å². The van der Waals surface area contributed by atoms with E-state index >= 15 is 0 Å². The zero-order valence-corrected chi connectivity index (χ0v) is 13.9. The zero-order valence-electron chi connectivity index (χ0n) is 13.9. The summed E-state index contributed by atoms with van der Waals surface area (Å²) < 4.78 is 1.82. The molecule has 2 aromatic heterocycles. The Morgan fingerprint density at radius 2 is 1.87 bits per heavy atom. The van der Waals surface area contributed by atoms with Crippen molar-refractivity contribution in [1.29, 1.82) is 0 Å². The maximum atomic E-state index is 12.6. The Morgan fingerprint density at radius 1 is 1.13 bits per heavy atom. The minimum absolute atomic E-state index is 0.0586. The van der Waals surface area contributed by atoms with Gasteiger partial charge in [-0.3, -0.25) is 14.3 Å². The van der Waals surface area contributed by atoms with Gasteiger partial charge in [0.1, 0.15) is 12.1 Å². The van der Waals surface area contributed by atoms with Gasteiger partial charge in [-0.1, -0.05) is 0 Å². The number of pyridine rings is 1. The largest absolute Gasteiger partial charge is 0.336 e. The molecule has 1 aliphatic heterocycles. The van der Waals surface area contributed by atoms with Gasteiger partial charge in [-0.05, 0) is 32.9 Å². The number of nitrogens with zero attached hydrogens (tertiary/aromatic N) is 5. The molecule has 0 aromatic carbocycles. The van der Waals surface area contributed by atoms with Crippen molar-refractivity contribution < 1.29 is 4.79 Å². The molecule has 0 bridgehead atoms. The topological polar surface area (TPSA) is 54.3 Å². The van der Waals surface area contributed by atoms with Gasteiger partial charge in [0.2, 0.25) is 0 Å². The molecule has 0 atom stereocenters. The average Bonchev–Trinajstić information content (AvgIpc) is 3.08. The number of hydrogen-bond acceptors (Lipinski definition) is 4. The fourth-order valence-corrected chi connectivity index (χ4v) is 2.82. The Kier molecular flexibility index (Phi) is 4.17. The van der Waals surface area contributed by atoms with Crippen molar-refractivity contribution in [3.05, 3.63) is 42.6 Å². The molecule has 1 fully saturated rings. The van der Waals surface area contributed by atoms with Crippen LogP contribution in [0, 0.1) is 0 Å². The molecule has 0 N–H and O–H groups in total. The lowest BCUT2D eigenvalue weighted by Gasteiger charge is -2.42. The molecular formula is C17H23N5O. The van der Waals surface area contributed by atoms with Crippen molar-refractivity contribution in [1.82, 2.24) is 24.3 Å². The van der Waals surface area contributed by atoms with Crippen LogP contribution >= 0.6 is 0 Å². The van der Waals surface area contributed by atoms with E-state index in [1.54, 1.807) is 18.7 Å². The maximum absolute atomic E-state index is 12.6. The molecule has 3 heterocycles. The lowest BCUT2D eigenvalue weighted by atomic mass is 10.0. The monoisotopic (exact) mass is 313 g/mol. The van der Waals surface area contributed by atoms with Gasteiger partial charge in [-0.2, -0.15) is 0 Å². The van der Waals surface area contributed by atoms with E-state index in [-0.39, 0.29) is 11.4 Å². The highest BCUT2D eigenvalue weighted by Gasteiger charge is 2.28. The number of rotatable bonds is 2. The van der Waals surface area contributed by atoms with Crippen molar-refractivity contribution >= 4 is 5.91 Å². The molecule has 0 saturated carbocycles. The second-order valence-electron chi connectivity index (χ2n) is 6.83. The molecule has 0 unspecified atom stereocenters. The van der Waals surface area contributed by atoms with Crippen molar-refractivity contribution in [2.45, 2.75) is 26.3 Å². The highest BCUT2D eigenvalue weighted by molar-refractivity contribution is 5.94. The summed E-state index contributed by atoms with van der Waals surface area (Å²) in [5.41, 5.74) is 0.793. The molecule has 0 aliphatic carbocycles. The molecule has 0 radical (unpaired) electrons. The van der Waals surface area contributed by atoms with E-state index in [0.717, 1.165) is 32.0 Å². The number of carbonyl (C=O) groups is 1. The highest BCUT2D eigenvalue weighted by Crippen LogP contribution is 2.17. The predicted octanol–water partition coefficient (Wildman–Crippen LogP) is 1.82. The third-order valence-corrected chi connectivity index (χ3v) is 4.28. The van der Waals surface area contributed by atoms with Gasteiger partial charge in [-0.15, -0.1) is 0 Å². The van der Waals surface area contributed by atoms with Gasteiger partial charge >= 0.3 is 0 Å². The lowest BCUT2D eigenvalue weighted by Crippen LogP contribution is -2.54. The van der Waals surface area contributed by atoms with E-state index in [2.05, 4.69) is 35.6 Å². The Bertz CT molecular complexity index is 649. The summed E-state index contributed by atoms with van der Waals surface area (Å²) in [5, 5.41) is 0. The number of piperazine rings is 1. The molecule has 6 nitrogen and oxygen atoms in total. The van der Waals surface area contributed by atoms with E-state index in [1.165, 1.54) is 0 Å². The summed E-state index contributed by atoms with van der Waals surface area (Å²) in [4.78, 5) is 25.3. The highest BCUT2D eigenvalue weighted by atomic mass is 16.2. The van der Waals surface area contributed by atoms with Gasteiger partial charge in [0.15, 0.2) is 0 Å². The average molecular weight is 313 g/mol. The molecule has 6 heteroatoms. The summed E-state index contributed by atoms with van der Waals surface area (Å²) in [7, 11) is 0.